The van der Waals surface area contributed by atoms with E-state index in [1.54, 1.807) is 23.5 Å². The van der Waals surface area contributed by atoms with Crippen LogP contribution in [0.4, 0.5) is 11.4 Å². The van der Waals surface area contributed by atoms with E-state index < -0.39 is 5.97 Å². The fraction of sp³-hybridized carbons (Fsp3) is 0.154. The van der Waals surface area contributed by atoms with Gasteiger partial charge in [-0.2, -0.15) is 0 Å². The van der Waals surface area contributed by atoms with Crippen LogP contribution in [0.15, 0.2) is 30.3 Å². The molecular weight excluding hydrogens is 248 g/mol. The lowest BCUT2D eigenvalue weighted by Gasteiger charge is -2.08. The zero-order valence-electron chi connectivity index (χ0n) is 9.93. The summed E-state index contributed by atoms with van der Waals surface area (Å²) in [6, 6.07) is 8.83. The molecule has 1 heterocycles. The van der Waals surface area contributed by atoms with Crippen LogP contribution in [-0.2, 0) is 6.54 Å². The monoisotopic (exact) mass is 262 g/mol. The number of nitrogens with two attached hydrogens (primary N) is 1. The Labute approximate surface area is 109 Å². The second kappa shape index (κ2) is 5.10. The zero-order chi connectivity index (χ0) is 13.1. The maximum Gasteiger partial charge on any atom is 0.335 e. The number of thiophene rings is 1. The molecule has 5 heteroatoms. The van der Waals surface area contributed by atoms with E-state index in [1.807, 2.05) is 0 Å². The lowest BCUT2D eigenvalue weighted by molar-refractivity contribution is 0.0697. The summed E-state index contributed by atoms with van der Waals surface area (Å²) in [5.41, 5.74) is 7.21. The summed E-state index contributed by atoms with van der Waals surface area (Å²) >= 11 is 1.72. The minimum Gasteiger partial charge on any atom is -0.478 e. The summed E-state index contributed by atoms with van der Waals surface area (Å²) in [7, 11) is 0. The molecular formula is C13H14N2O2S. The van der Waals surface area contributed by atoms with Gasteiger partial charge in [-0.3, -0.25) is 0 Å². The van der Waals surface area contributed by atoms with Crippen LogP contribution in [0.1, 0.15) is 20.1 Å². The zero-order valence-corrected chi connectivity index (χ0v) is 10.8. The maximum atomic E-state index is 10.8. The van der Waals surface area contributed by atoms with Crippen LogP contribution in [0.5, 0.6) is 0 Å². The largest absolute Gasteiger partial charge is 0.478 e. The minimum absolute atomic E-state index is 0.199. The molecule has 0 saturated heterocycles. The fourth-order valence-electron chi connectivity index (χ4n) is 1.62. The number of benzene rings is 1. The van der Waals surface area contributed by atoms with Gasteiger partial charge < -0.3 is 16.2 Å². The van der Waals surface area contributed by atoms with E-state index in [0.717, 1.165) is 5.69 Å². The average Bonchev–Trinajstić information content (AvgIpc) is 2.73. The SMILES string of the molecule is Cc1ccc(CNc2ccc(C(=O)O)cc2N)s1. The molecule has 0 unspecified atom stereocenters. The van der Waals surface area contributed by atoms with Crippen molar-refractivity contribution in [1.29, 1.82) is 0 Å². The highest BCUT2D eigenvalue weighted by Gasteiger charge is 2.06. The predicted octanol–water partition coefficient (Wildman–Crippen LogP) is 2.95. The van der Waals surface area contributed by atoms with Gasteiger partial charge in [0.05, 0.1) is 16.9 Å². The highest BCUT2D eigenvalue weighted by atomic mass is 32.1. The number of hydrogen-bond donors (Lipinski definition) is 3. The normalized spacial score (nSPS) is 10.3. The van der Waals surface area contributed by atoms with E-state index in [1.165, 1.54) is 15.8 Å². The Bertz CT molecular complexity index is 578. The molecule has 0 atom stereocenters. The summed E-state index contributed by atoms with van der Waals surface area (Å²) in [5.74, 6) is -0.970. The van der Waals surface area contributed by atoms with E-state index in [2.05, 4.69) is 24.4 Å². The molecule has 0 saturated carbocycles. The van der Waals surface area contributed by atoms with Crippen molar-refractivity contribution < 1.29 is 9.90 Å². The predicted molar refractivity (Wildman–Crippen MR) is 74.2 cm³/mol. The molecule has 2 aromatic rings. The Balaban J connectivity index is 2.08. The summed E-state index contributed by atoms with van der Waals surface area (Å²) in [5, 5.41) is 12.0. The van der Waals surface area contributed by atoms with E-state index in [9.17, 15) is 4.79 Å². The molecule has 1 aromatic carbocycles. The van der Waals surface area contributed by atoms with Crippen LogP contribution in [0.3, 0.4) is 0 Å². The van der Waals surface area contributed by atoms with Gasteiger partial charge >= 0.3 is 5.97 Å². The van der Waals surface area contributed by atoms with Crippen LogP contribution >= 0.6 is 11.3 Å². The number of aryl methyl sites for hydroxylation is 1. The third-order valence-electron chi connectivity index (χ3n) is 2.55. The fourth-order valence-corrected chi connectivity index (χ4v) is 2.45. The van der Waals surface area contributed by atoms with Crippen molar-refractivity contribution >= 4 is 28.7 Å². The number of nitrogen functional groups attached to an aromatic ring is 1. The van der Waals surface area contributed by atoms with Gasteiger partial charge in [0, 0.05) is 16.3 Å². The van der Waals surface area contributed by atoms with Gasteiger partial charge in [-0.15, -0.1) is 11.3 Å². The van der Waals surface area contributed by atoms with E-state index >= 15 is 0 Å². The molecule has 0 amide bonds. The topological polar surface area (TPSA) is 75.3 Å². The van der Waals surface area contributed by atoms with Crippen molar-refractivity contribution in [2.75, 3.05) is 11.1 Å². The molecule has 4 N–H and O–H groups in total. The third-order valence-corrected chi connectivity index (χ3v) is 3.55. The van der Waals surface area contributed by atoms with Crippen LogP contribution in [-0.4, -0.2) is 11.1 Å². The maximum absolute atomic E-state index is 10.8. The first kappa shape index (κ1) is 12.4. The number of carboxylic acids is 1. The van der Waals surface area contributed by atoms with Gasteiger partial charge in [-0.05, 0) is 37.3 Å². The Morgan fingerprint density at radius 1 is 1.39 bits per heavy atom. The lowest BCUT2D eigenvalue weighted by atomic mass is 10.1. The molecule has 0 spiro atoms. The lowest BCUT2D eigenvalue weighted by Crippen LogP contribution is -2.03. The summed E-state index contributed by atoms with van der Waals surface area (Å²) in [6.45, 7) is 2.75. The first-order valence-electron chi connectivity index (χ1n) is 5.48. The molecule has 0 fully saturated rings. The quantitative estimate of drug-likeness (QED) is 0.740. The Morgan fingerprint density at radius 3 is 2.72 bits per heavy atom. The molecule has 0 aliphatic rings. The first-order valence-corrected chi connectivity index (χ1v) is 6.30. The van der Waals surface area contributed by atoms with Gasteiger partial charge in [-0.25, -0.2) is 4.79 Å². The summed E-state index contributed by atoms with van der Waals surface area (Å²) < 4.78 is 0. The van der Waals surface area contributed by atoms with Gasteiger partial charge in [0.2, 0.25) is 0 Å². The molecule has 0 aliphatic heterocycles. The molecule has 4 nitrogen and oxygen atoms in total. The standard InChI is InChI=1S/C13H14N2O2S/c1-8-2-4-10(18-8)7-15-12-5-3-9(13(16)17)6-11(12)14/h2-6,15H,7,14H2,1H3,(H,16,17). The number of aromatic carboxylic acids is 1. The van der Waals surface area contributed by atoms with E-state index in [4.69, 9.17) is 10.8 Å². The molecule has 2 rings (SSSR count). The van der Waals surface area contributed by atoms with Crippen LogP contribution in [0.2, 0.25) is 0 Å². The molecule has 0 radical (unpaired) electrons. The van der Waals surface area contributed by atoms with Gasteiger partial charge in [0.25, 0.3) is 0 Å². The van der Waals surface area contributed by atoms with Gasteiger partial charge in [0.15, 0.2) is 0 Å². The van der Waals surface area contributed by atoms with Crippen LogP contribution in [0.25, 0.3) is 0 Å². The van der Waals surface area contributed by atoms with E-state index in [0.29, 0.717) is 12.2 Å². The highest BCUT2D eigenvalue weighted by molar-refractivity contribution is 7.11. The molecule has 94 valence electrons. The van der Waals surface area contributed by atoms with Gasteiger partial charge in [0.1, 0.15) is 0 Å². The Morgan fingerprint density at radius 2 is 2.17 bits per heavy atom. The first-order chi connectivity index (χ1) is 8.56. The number of anilines is 2. The van der Waals surface area contributed by atoms with E-state index in [-0.39, 0.29) is 5.56 Å². The van der Waals surface area contributed by atoms with Crippen LogP contribution < -0.4 is 11.1 Å². The Hall–Kier alpha value is -2.01. The number of rotatable bonds is 4. The smallest absolute Gasteiger partial charge is 0.335 e. The molecule has 1 aromatic heterocycles. The summed E-state index contributed by atoms with van der Waals surface area (Å²) in [6.07, 6.45) is 0. The minimum atomic E-state index is -0.970. The molecule has 18 heavy (non-hydrogen) atoms. The van der Waals surface area contributed by atoms with Gasteiger partial charge in [-0.1, -0.05) is 0 Å². The van der Waals surface area contributed by atoms with Crippen molar-refractivity contribution in [3.63, 3.8) is 0 Å². The second-order valence-electron chi connectivity index (χ2n) is 3.97. The number of hydrogen-bond acceptors (Lipinski definition) is 4. The number of nitrogens with one attached hydrogen (secondary N) is 1. The van der Waals surface area contributed by atoms with Crippen LogP contribution in [0, 0.1) is 6.92 Å². The average molecular weight is 262 g/mol. The molecule has 0 aliphatic carbocycles. The Kier molecular flexibility index (Phi) is 3.53. The van der Waals surface area contributed by atoms with Crippen molar-refractivity contribution in [1.82, 2.24) is 0 Å². The summed E-state index contributed by atoms with van der Waals surface area (Å²) in [4.78, 5) is 13.3. The highest BCUT2D eigenvalue weighted by Crippen LogP contribution is 2.22. The number of carboxylic acid groups (broad SMARTS) is 1. The van der Waals surface area contributed by atoms with Crippen molar-refractivity contribution in [3.05, 3.63) is 45.6 Å². The second-order valence-corrected chi connectivity index (χ2v) is 5.35. The van der Waals surface area contributed by atoms with Crippen molar-refractivity contribution in [3.8, 4) is 0 Å². The van der Waals surface area contributed by atoms with Crippen molar-refractivity contribution in [2.24, 2.45) is 0 Å². The number of carbonyl (C=O) groups is 1. The van der Waals surface area contributed by atoms with Crippen molar-refractivity contribution in [2.45, 2.75) is 13.5 Å². The third kappa shape index (κ3) is 2.81. The molecule has 0 bridgehead atoms.